The highest BCUT2D eigenvalue weighted by Crippen LogP contribution is 2.43. The van der Waals surface area contributed by atoms with Gasteiger partial charge in [0.15, 0.2) is 0 Å². The molecule has 2 rings (SSSR count). The highest BCUT2D eigenvalue weighted by Gasteiger charge is 2.62. The fourth-order valence-electron chi connectivity index (χ4n) is 3.13. The maximum atomic E-state index is 11.7. The number of hydrogen-bond acceptors (Lipinski definition) is 2. The highest BCUT2D eigenvalue weighted by atomic mass is 16.2. The Hall–Kier alpha value is -0.410. The van der Waals surface area contributed by atoms with Crippen LogP contribution in [0.5, 0.6) is 0 Å². The summed E-state index contributed by atoms with van der Waals surface area (Å²) in [5.74, 6) is 0.370. The Morgan fingerprint density at radius 3 is 2.69 bits per heavy atom. The third-order valence-corrected chi connectivity index (χ3v) is 4.25. The monoisotopic (exact) mass is 183 g/mol. The van der Waals surface area contributed by atoms with Gasteiger partial charge < -0.3 is 5.32 Å². The number of carbonyl (C=O) groups is 1. The first-order chi connectivity index (χ1) is 6.17. The largest absolute Gasteiger partial charge is 0.311 e. The maximum absolute atomic E-state index is 11.7. The van der Waals surface area contributed by atoms with E-state index in [1.54, 1.807) is 6.92 Å². The molecule has 2 saturated heterocycles. The van der Waals surface area contributed by atoms with Crippen molar-refractivity contribution in [2.75, 3.05) is 26.2 Å². The van der Waals surface area contributed by atoms with Crippen LogP contribution in [-0.4, -0.2) is 42.1 Å². The van der Waals surface area contributed by atoms with E-state index >= 15 is 0 Å². The molecular weight excluding hydrogens is 164 g/mol. The molecule has 2 fully saturated rings. The lowest BCUT2D eigenvalue weighted by Gasteiger charge is -2.61. The second kappa shape index (κ2) is 2.79. The third kappa shape index (κ3) is 0.945. The summed E-state index contributed by atoms with van der Waals surface area (Å²) in [6.45, 7) is 8.08. The number of nitrogens with zero attached hydrogens (tertiary/aromatic N) is 1. The number of quaternary nitrogens is 1. The van der Waals surface area contributed by atoms with E-state index in [9.17, 15) is 4.79 Å². The summed E-state index contributed by atoms with van der Waals surface area (Å²) < 4.78 is 0.760. The van der Waals surface area contributed by atoms with Crippen LogP contribution >= 0.6 is 0 Å². The Kier molecular flexibility index (Phi) is 1.96. The molecule has 0 aromatic rings. The summed E-state index contributed by atoms with van der Waals surface area (Å²) in [6, 6.07) is 0. The van der Waals surface area contributed by atoms with Gasteiger partial charge in [-0.25, -0.2) is 4.79 Å². The van der Waals surface area contributed by atoms with Gasteiger partial charge in [0, 0.05) is 13.0 Å². The number of nitrogens with one attached hydrogen (secondary N) is 1. The van der Waals surface area contributed by atoms with E-state index in [-0.39, 0.29) is 5.54 Å². The first-order valence-electron chi connectivity index (χ1n) is 5.26. The summed E-state index contributed by atoms with van der Waals surface area (Å²) in [4.78, 5) is 11.7. The molecule has 2 heterocycles. The second-order valence-electron chi connectivity index (χ2n) is 4.44. The topological polar surface area (TPSA) is 29.1 Å². The molecule has 0 radical (unpaired) electrons. The average molecular weight is 183 g/mol. The predicted molar refractivity (Wildman–Crippen MR) is 51.2 cm³/mol. The van der Waals surface area contributed by atoms with Crippen molar-refractivity contribution in [2.45, 2.75) is 32.2 Å². The van der Waals surface area contributed by atoms with Gasteiger partial charge in [0.1, 0.15) is 5.54 Å². The molecule has 0 bridgehead atoms. The Bertz CT molecular complexity index is 237. The summed E-state index contributed by atoms with van der Waals surface area (Å²) in [7, 11) is 0. The molecule has 0 aromatic heterocycles. The van der Waals surface area contributed by atoms with E-state index in [2.05, 4.69) is 12.2 Å². The second-order valence-corrected chi connectivity index (χ2v) is 4.44. The van der Waals surface area contributed by atoms with E-state index in [0.717, 1.165) is 37.1 Å². The van der Waals surface area contributed by atoms with Crippen molar-refractivity contribution in [2.24, 2.45) is 0 Å². The number of amides is 1. The first-order valence-corrected chi connectivity index (χ1v) is 5.26. The minimum absolute atomic E-state index is 0.254. The van der Waals surface area contributed by atoms with Crippen molar-refractivity contribution in [3.8, 4) is 0 Å². The van der Waals surface area contributed by atoms with Crippen LogP contribution in [0.1, 0.15) is 26.7 Å². The molecule has 2 unspecified atom stereocenters. The van der Waals surface area contributed by atoms with Gasteiger partial charge in [-0.1, -0.05) is 6.92 Å². The van der Waals surface area contributed by atoms with Gasteiger partial charge in [0.2, 0.25) is 0 Å². The van der Waals surface area contributed by atoms with Gasteiger partial charge in [-0.3, -0.25) is 4.48 Å². The molecule has 2 atom stereocenters. The molecule has 13 heavy (non-hydrogen) atoms. The van der Waals surface area contributed by atoms with Crippen LogP contribution in [0.25, 0.3) is 0 Å². The van der Waals surface area contributed by atoms with Crippen molar-refractivity contribution >= 4 is 5.91 Å². The lowest BCUT2D eigenvalue weighted by Crippen LogP contribution is -2.82. The fourth-order valence-corrected chi connectivity index (χ4v) is 3.13. The molecule has 1 amide bonds. The molecule has 0 aromatic carbocycles. The van der Waals surface area contributed by atoms with Crippen molar-refractivity contribution in [1.29, 1.82) is 0 Å². The standard InChI is InChI=1S/C10H19N2O/c1-3-10-4-6-12(10,9(2)13)7-5-11-8-10/h11H,3-8H2,1-2H3/q+1. The van der Waals surface area contributed by atoms with Crippen LogP contribution in [-0.2, 0) is 4.79 Å². The van der Waals surface area contributed by atoms with Crippen molar-refractivity contribution in [3.05, 3.63) is 0 Å². The van der Waals surface area contributed by atoms with Gasteiger partial charge in [-0.2, -0.15) is 0 Å². The molecular formula is C10H19N2O+. The summed E-state index contributed by atoms with van der Waals surface area (Å²) in [5, 5.41) is 3.42. The normalized spacial score (nSPS) is 43.5. The lowest BCUT2D eigenvalue weighted by atomic mass is 9.76. The molecule has 74 valence electrons. The summed E-state index contributed by atoms with van der Waals surface area (Å²) in [5.41, 5.74) is 0.254. The van der Waals surface area contributed by atoms with E-state index < -0.39 is 0 Å². The van der Waals surface area contributed by atoms with Crippen LogP contribution in [0.3, 0.4) is 0 Å². The highest BCUT2D eigenvalue weighted by molar-refractivity contribution is 5.67. The molecule has 1 N–H and O–H groups in total. The molecule has 3 nitrogen and oxygen atoms in total. The molecule has 2 aliphatic heterocycles. The minimum atomic E-state index is 0.254. The van der Waals surface area contributed by atoms with Crippen LogP contribution < -0.4 is 5.32 Å². The van der Waals surface area contributed by atoms with E-state index in [0.29, 0.717) is 5.91 Å². The molecule has 2 aliphatic rings. The lowest BCUT2D eigenvalue weighted by molar-refractivity contribution is -0.952. The number of carbonyl (C=O) groups excluding carboxylic acids is 1. The fraction of sp³-hybridized carbons (Fsp3) is 0.900. The molecule has 0 spiro atoms. The van der Waals surface area contributed by atoms with E-state index in [1.165, 1.54) is 6.42 Å². The van der Waals surface area contributed by atoms with Crippen molar-refractivity contribution < 1.29 is 9.28 Å². The van der Waals surface area contributed by atoms with Gasteiger partial charge >= 0.3 is 5.91 Å². The van der Waals surface area contributed by atoms with Gasteiger partial charge in [-0.05, 0) is 0 Å². The van der Waals surface area contributed by atoms with Crippen molar-refractivity contribution in [1.82, 2.24) is 5.32 Å². The minimum Gasteiger partial charge on any atom is -0.306 e. The van der Waals surface area contributed by atoms with Gasteiger partial charge in [0.05, 0.1) is 33.0 Å². The predicted octanol–water partition coefficient (Wildman–Crippen LogP) is 0.505. The zero-order chi connectivity index (χ0) is 9.53. The molecule has 3 heteroatoms. The van der Waals surface area contributed by atoms with Gasteiger partial charge in [0.25, 0.3) is 0 Å². The SMILES string of the molecule is CCC12CC[N+]1(C(C)=O)CCNC2. The van der Waals surface area contributed by atoms with Crippen LogP contribution in [0.2, 0.25) is 0 Å². The van der Waals surface area contributed by atoms with E-state index in [1.807, 2.05) is 0 Å². The smallest absolute Gasteiger partial charge is 0.306 e. The van der Waals surface area contributed by atoms with Crippen LogP contribution in [0.4, 0.5) is 0 Å². The number of hydrogen-bond donors (Lipinski definition) is 1. The number of fused-ring (bicyclic) bond motifs is 1. The van der Waals surface area contributed by atoms with Crippen LogP contribution in [0, 0.1) is 0 Å². The Balaban J connectivity index is 2.29. The average Bonchev–Trinajstić information content (AvgIpc) is 2.07. The Morgan fingerprint density at radius 2 is 2.31 bits per heavy atom. The number of piperazine rings is 1. The Labute approximate surface area is 79.7 Å². The molecule has 0 aliphatic carbocycles. The quantitative estimate of drug-likeness (QED) is 0.600. The third-order valence-electron chi connectivity index (χ3n) is 4.25. The van der Waals surface area contributed by atoms with Gasteiger partial charge in [-0.15, -0.1) is 0 Å². The zero-order valence-electron chi connectivity index (χ0n) is 8.60. The Morgan fingerprint density at radius 1 is 1.54 bits per heavy atom. The van der Waals surface area contributed by atoms with Crippen LogP contribution in [0.15, 0.2) is 0 Å². The summed E-state index contributed by atoms with van der Waals surface area (Å²) in [6.07, 6.45) is 2.34. The number of rotatable bonds is 1. The van der Waals surface area contributed by atoms with E-state index in [4.69, 9.17) is 0 Å². The van der Waals surface area contributed by atoms with Crippen molar-refractivity contribution in [3.63, 3.8) is 0 Å². The molecule has 0 saturated carbocycles. The zero-order valence-corrected chi connectivity index (χ0v) is 8.60. The first kappa shape index (κ1) is 9.16. The summed E-state index contributed by atoms with van der Waals surface area (Å²) >= 11 is 0. The maximum Gasteiger partial charge on any atom is 0.311 e.